The summed E-state index contributed by atoms with van der Waals surface area (Å²) in [5.74, 6) is 1.84. The maximum absolute atomic E-state index is 8.59. The highest BCUT2D eigenvalue weighted by molar-refractivity contribution is 5.52. The Kier molecular flexibility index (Phi) is 4.71. The first kappa shape index (κ1) is 17.3. The van der Waals surface area contributed by atoms with Gasteiger partial charge in [0.1, 0.15) is 6.54 Å². The summed E-state index contributed by atoms with van der Waals surface area (Å²) in [6, 6.07) is 13.5. The maximum atomic E-state index is 8.59. The minimum absolute atomic E-state index is 0.186. The second kappa shape index (κ2) is 7.63. The van der Waals surface area contributed by atoms with Gasteiger partial charge in [0.05, 0.1) is 12.3 Å². The van der Waals surface area contributed by atoms with Gasteiger partial charge in [-0.25, -0.2) is 0 Å². The molecular weight excluding hydrogens is 358 g/mol. The summed E-state index contributed by atoms with van der Waals surface area (Å²) in [7, 11) is 0. The molecule has 0 aliphatic heterocycles. The highest BCUT2D eigenvalue weighted by atomic mass is 16.3. The van der Waals surface area contributed by atoms with E-state index in [0.717, 1.165) is 17.7 Å². The maximum Gasteiger partial charge on any atom is 0.259 e. The van der Waals surface area contributed by atoms with Gasteiger partial charge in [0.15, 0.2) is 5.76 Å². The SMILES string of the molecule is N#CCNc1ccc(CCNc2nc(N)n3nc(-c4ccco4)nc3n2)cc1. The Bertz CT molecular complexity index is 1110. The fourth-order valence-corrected chi connectivity index (χ4v) is 2.64. The Morgan fingerprint density at radius 3 is 2.71 bits per heavy atom. The van der Waals surface area contributed by atoms with Crippen molar-refractivity contribution in [1.82, 2.24) is 24.6 Å². The van der Waals surface area contributed by atoms with E-state index >= 15 is 0 Å². The van der Waals surface area contributed by atoms with Gasteiger partial charge in [-0.05, 0) is 36.2 Å². The van der Waals surface area contributed by atoms with Crippen LogP contribution in [0.4, 0.5) is 17.6 Å². The third-order valence-corrected chi connectivity index (χ3v) is 4.00. The lowest BCUT2D eigenvalue weighted by atomic mass is 10.1. The highest BCUT2D eigenvalue weighted by Gasteiger charge is 2.13. The van der Waals surface area contributed by atoms with E-state index in [2.05, 4.69) is 30.7 Å². The van der Waals surface area contributed by atoms with Gasteiger partial charge in [0.2, 0.25) is 17.7 Å². The van der Waals surface area contributed by atoms with Crippen molar-refractivity contribution in [2.45, 2.75) is 6.42 Å². The summed E-state index contributed by atoms with van der Waals surface area (Å²) in [6.45, 7) is 0.909. The van der Waals surface area contributed by atoms with Crippen LogP contribution >= 0.6 is 0 Å². The van der Waals surface area contributed by atoms with Crippen molar-refractivity contribution in [1.29, 1.82) is 5.26 Å². The molecule has 0 aliphatic carbocycles. The lowest BCUT2D eigenvalue weighted by molar-refractivity contribution is 0.577. The highest BCUT2D eigenvalue weighted by Crippen LogP contribution is 2.17. The summed E-state index contributed by atoms with van der Waals surface area (Å²) in [5, 5.41) is 19.0. The molecule has 10 nitrogen and oxygen atoms in total. The zero-order valence-electron chi connectivity index (χ0n) is 14.8. The molecule has 4 N–H and O–H groups in total. The molecule has 10 heteroatoms. The molecular formula is C18H17N9O. The van der Waals surface area contributed by atoms with Crippen LogP contribution in [0.15, 0.2) is 47.1 Å². The molecule has 0 unspecified atom stereocenters. The van der Waals surface area contributed by atoms with Crippen LogP contribution < -0.4 is 16.4 Å². The van der Waals surface area contributed by atoms with Crippen molar-refractivity contribution in [3.05, 3.63) is 48.2 Å². The Hall–Kier alpha value is -4.13. The predicted molar refractivity (Wildman–Crippen MR) is 103 cm³/mol. The molecule has 0 atom stereocenters. The second-order valence-electron chi connectivity index (χ2n) is 5.92. The fourth-order valence-electron chi connectivity index (χ4n) is 2.64. The van der Waals surface area contributed by atoms with Crippen molar-refractivity contribution >= 4 is 23.4 Å². The largest absolute Gasteiger partial charge is 0.461 e. The molecule has 28 heavy (non-hydrogen) atoms. The molecule has 3 aromatic heterocycles. The van der Waals surface area contributed by atoms with E-state index in [4.69, 9.17) is 15.4 Å². The zero-order valence-corrected chi connectivity index (χ0v) is 14.8. The van der Waals surface area contributed by atoms with Crippen LogP contribution in [0.5, 0.6) is 0 Å². The van der Waals surface area contributed by atoms with Crippen molar-refractivity contribution in [2.24, 2.45) is 0 Å². The van der Waals surface area contributed by atoms with Gasteiger partial charge in [0, 0.05) is 12.2 Å². The first-order chi connectivity index (χ1) is 13.7. The molecule has 0 radical (unpaired) electrons. The number of hydrogen-bond acceptors (Lipinski definition) is 9. The van der Waals surface area contributed by atoms with Crippen LogP contribution in [0.2, 0.25) is 0 Å². The van der Waals surface area contributed by atoms with E-state index in [-0.39, 0.29) is 12.5 Å². The lowest BCUT2D eigenvalue weighted by Gasteiger charge is -2.07. The molecule has 4 rings (SSSR count). The molecule has 0 bridgehead atoms. The molecule has 4 aromatic rings. The molecule has 1 aromatic carbocycles. The summed E-state index contributed by atoms with van der Waals surface area (Å²) in [5.41, 5.74) is 8.03. The van der Waals surface area contributed by atoms with Crippen LogP contribution in [0, 0.1) is 11.3 Å². The Morgan fingerprint density at radius 2 is 1.96 bits per heavy atom. The predicted octanol–water partition coefficient (Wildman–Crippen LogP) is 1.95. The number of rotatable bonds is 7. The van der Waals surface area contributed by atoms with Gasteiger partial charge in [-0.15, -0.1) is 5.10 Å². The fraction of sp³-hybridized carbons (Fsp3) is 0.167. The molecule has 0 saturated carbocycles. The molecule has 0 saturated heterocycles. The molecule has 0 spiro atoms. The van der Waals surface area contributed by atoms with Crippen molar-refractivity contribution in [3.8, 4) is 17.7 Å². The number of nitrogens with zero attached hydrogens (tertiary/aromatic N) is 6. The molecule has 140 valence electrons. The van der Waals surface area contributed by atoms with Crippen LogP contribution in [-0.4, -0.2) is 37.7 Å². The Morgan fingerprint density at radius 1 is 1.11 bits per heavy atom. The molecule has 0 fully saturated rings. The van der Waals surface area contributed by atoms with Gasteiger partial charge >= 0.3 is 0 Å². The van der Waals surface area contributed by atoms with Gasteiger partial charge < -0.3 is 20.8 Å². The van der Waals surface area contributed by atoms with Crippen LogP contribution in [-0.2, 0) is 6.42 Å². The minimum atomic E-state index is 0.186. The third kappa shape index (κ3) is 3.68. The molecule has 0 amide bonds. The number of benzene rings is 1. The smallest absolute Gasteiger partial charge is 0.259 e. The van der Waals surface area contributed by atoms with Gasteiger partial charge in [0.25, 0.3) is 5.78 Å². The van der Waals surface area contributed by atoms with E-state index in [9.17, 15) is 0 Å². The number of nitrogens with two attached hydrogens (primary N) is 1. The van der Waals surface area contributed by atoms with Gasteiger partial charge in [-0.1, -0.05) is 12.1 Å². The summed E-state index contributed by atoms with van der Waals surface area (Å²) < 4.78 is 6.67. The van der Waals surface area contributed by atoms with Crippen LogP contribution in [0.3, 0.4) is 0 Å². The normalized spacial score (nSPS) is 10.7. The number of nitrogen functional groups attached to an aromatic ring is 1. The zero-order chi connectivity index (χ0) is 19.3. The summed E-state index contributed by atoms with van der Waals surface area (Å²) in [6.07, 6.45) is 2.33. The third-order valence-electron chi connectivity index (χ3n) is 4.00. The molecule has 0 aliphatic rings. The molecule has 3 heterocycles. The minimum Gasteiger partial charge on any atom is -0.461 e. The lowest BCUT2D eigenvalue weighted by Crippen LogP contribution is -2.12. The Balaban J connectivity index is 1.41. The monoisotopic (exact) mass is 375 g/mol. The summed E-state index contributed by atoms with van der Waals surface area (Å²) >= 11 is 0. The van der Waals surface area contributed by atoms with Crippen LogP contribution in [0.25, 0.3) is 17.4 Å². The summed E-state index contributed by atoms with van der Waals surface area (Å²) in [4.78, 5) is 12.9. The van der Waals surface area contributed by atoms with E-state index in [1.165, 1.54) is 4.52 Å². The average molecular weight is 375 g/mol. The number of aromatic nitrogens is 5. The second-order valence-corrected chi connectivity index (χ2v) is 5.92. The first-order valence-corrected chi connectivity index (χ1v) is 8.61. The Labute approximate surface area is 160 Å². The van der Waals surface area contributed by atoms with Crippen molar-refractivity contribution < 1.29 is 4.42 Å². The number of fused-ring (bicyclic) bond motifs is 1. The average Bonchev–Trinajstić information content (AvgIpc) is 3.37. The van der Waals surface area contributed by atoms with Gasteiger partial charge in [-0.2, -0.15) is 24.7 Å². The van der Waals surface area contributed by atoms with E-state index in [0.29, 0.717) is 29.9 Å². The first-order valence-electron chi connectivity index (χ1n) is 8.61. The van der Waals surface area contributed by atoms with Crippen molar-refractivity contribution in [2.75, 3.05) is 29.5 Å². The van der Waals surface area contributed by atoms with E-state index in [1.54, 1.807) is 18.4 Å². The quantitative estimate of drug-likeness (QED) is 0.413. The van der Waals surface area contributed by atoms with Crippen molar-refractivity contribution in [3.63, 3.8) is 0 Å². The van der Waals surface area contributed by atoms with Crippen LogP contribution in [0.1, 0.15) is 5.56 Å². The number of furan rings is 1. The number of anilines is 3. The van der Waals surface area contributed by atoms with E-state index in [1.807, 2.05) is 30.3 Å². The van der Waals surface area contributed by atoms with Gasteiger partial charge in [-0.3, -0.25) is 0 Å². The van der Waals surface area contributed by atoms with E-state index < -0.39 is 0 Å². The number of hydrogen-bond donors (Lipinski definition) is 3. The standard InChI is InChI=1S/C18H17N9O/c19-8-10-21-13-5-3-12(4-6-13)7-9-22-17-24-16(20)27-18(25-17)23-15(26-27)14-2-1-11-28-14/h1-6,11,21H,7,9-10H2,(H3,20,22,23,24,25,26). The topological polar surface area (TPSA) is 143 Å². The number of nitriles is 1. The number of nitrogens with one attached hydrogen (secondary N) is 2.